The van der Waals surface area contributed by atoms with Gasteiger partial charge in [0.05, 0.1) is 12.0 Å². The van der Waals surface area contributed by atoms with E-state index in [2.05, 4.69) is 22.8 Å². The molecule has 0 heterocycles. The van der Waals surface area contributed by atoms with Crippen molar-refractivity contribution in [3.63, 3.8) is 0 Å². The zero-order chi connectivity index (χ0) is 14.0. The van der Waals surface area contributed by atoms with Crippen LogP contribution < -0.4 is 5.32 Å². The van der Waals surface area contributed by atoms with Gasteiger partial charge in [-0.15, -0.1) is 0 Å². The number of rotatable bonds is 10. The lowest BCUT2D eigenvalue weighted by Gasteiger charge is -2.11. The highest BCUT2D eigenvalue weighted by molar-refractivity contribution is 7.80. The minimum Gasteiger partial charge on any atom is -0.480 e. The quantitative estimate of drug-likeness (QED) is 0.218. The summed E-state index contributed by atoms with van der Waals surface area (Å²) in [5.74, 6) is -1.42. The normalized spacial score (nSPS) is 12.4. The molecule has 0 fully saturated rings. The number of carbonyl (C=O) groups is 2. The predicted octanol–water partition coefficient (Wildman–Crippen LogP) is 0.0580. The fourth-order valence-electron chi connectivity index (χ4n) is 1.16. The Morgan fingerprint density at radius 2 is 1.94 bits per heavy atom. The van der Waals surface area contributed by atoms with Crippen LogP contribution in [0.2, 0.25) is 0 Å². The summed E-state index contributed by atoms with van der Waals surface area (Å²) in [7, 11) is 0. The van der Waals surface area contributed by atoms with Gasteiger partial charge in [-0.3, -0.25) is 20.0 Å². The van der Waals surface area contributed by atoms with E-state index in [9.17, 15) is 9.59 Å². The molecule has 0 aliphatic carbocycles. The summed E-state index contributed by atoms with van der Waals surface area (Å²) in [5, 5.41) is 27.1. The molecule has 0 aromatic rings. The van der Waals surface area contributed by atoms with Crippen molar-refractivity contribution in [3.8, 4) is 0 Å². The molecule has 0 aromatic heterocycles. The largest absolute Gasteiger partial charge is 0.480 e. The standard InChI is InChI=1S/C9H18N2O6S/c12-8(10-7(6-18)9(13)14)4-2-1-3-5-17-11(15)16/h7,15-16,18H,1-6H2,(H,10,12)(H,13,14). The molecule has 0 radical (unpaired) electrons. The summed E-state index contributed by atoms with van der Waals surface area (Å²) < 4.78 is 0. The smallest absolute Gasteiger partial charge is 0.327 e. The van der Waals surface area contributed by atoms with Crippen molar-refractivity contribution in [1.29, 1.82) is 0 Å². The van der Waals surface area contributed by atoms with Crippen molar-refractivity contribution in [1.82, 2.24) is 10.7 Å². The summed E-state index contributed by atoms with van der Waals surface area (Å²) in [4.78, 5) is 26.3. The van der Waals surface area contributed by atoms with Gasteiger partial charge in [0.25, 0.3) is 0 Å². The highest BCUT2D eigenvalue weighted by atomic mass is 32.1. The molecule has 18 heavy (non-hydrogen) atoms. The highest BCUT2D eigenvalue weighted by Gasteiger charge is 2.17. The maximum Gasteiger partial charge on any atom is 0.327 e. The Balaban J connectivity index is 3.56. The van der Waals surface area contributed by atoms with Gasteiger partial charge < -0.3 is 10.4 Å². The molecule has 0 spiro atoms. The number of hydrogen-bond acceptors (Lipinski definition) is 7. The summed E-state index contributed by atoms with van der Waals surface area (Å²) in [6.45, 7) is 0.128. The van der Waals surface area contributed by atoms with E-state index in [1.165, 1.54) is 0 Å². The summed E-state index contributed by atoms with van der Waals surface area (Å²) >= 11 is 3.82. The fraction of sp³-hybridized carbons (Fsp3) is 0.778. The Kier molecular flexibility index (Phi) is 9.60. The molecule has 8 nitrogen and oxygen atoms in total. The van der Waals surface area contributed by atoms with Crippen LogP contribution in [0.4, 0.5) is 0 Å². The van der Waals surface area contributed by atoms with Crippen LogP contribution in [0.3, 0.4) is 0 Å². The number of amides is 1. The Morgan fingerprint density at radius 1 is 1.28 bits per heavy atom. The Bertz CT molecular complexity index is 263. The molecule has 0 aliphatic heterocycles. The van der Waals surface area contributed by atoms with Gasteiger partial charge in [-0.2, -0.15) is 12.6 Å². The molecule has 106 valence electrons. The maximum absolute atomic E-state index is 11.3. The van der Waals surface area contributed by atoms with Crippen LogP contribution in [-0.2, 0) is 14.4 Å². The SMILES string of the molecule is O=C(CCCCCON(O)O)NC(CS)C(=O)O. The van der Waals surface area contributed by atoms with E-state index in [1.54, 1.807) is 0 Å². The van der Waals surface area contributed by atoms with Crippen LogP contribution in [0.1, 0.15) is 25.7 Å². The Hall–Kier alpha value is -0.870. The first-order chi connectivity index (χ1) is 8.47. The summed E-state index contributed by atoms with van der Waals surface area (Å²) in [6.07, 6.45) is 1.98. The number of nitrogens with one attached hydrogen (secondary N) is 1. The van der Waals surface area contributed by atoms with Gasteiger partial charge in [-0.05, 0) is 12.8 Å². The second-order valence-electron chi connectivity index (χ2n) is 3.54. The molecular weight excluding hydrogens is 264 g/mol. The molecular formula is C9H18N2O6S. The van der Waals surface area contributed by atoms with Crippen molar-refractivity contribution in [2.45, 2.75) is 31.7 Å². The van der Waals surface area contributed by atoms with E-state index in [-0.39, 0.29) is 30.1 Å². The van der Waals surface area contributed by atoms with E-state index < -0.39 is 12.0 Å². The van der Waals surface area contributed by atoms with Crippen molar-refractivity contribution in [2.24, 2.45) is 0 Å². The van der Waals surface area contributed by atoms with Crippen LogP contribution in [0.15, 0.2) is 0 Å². The first-order valence-corrected chi connectivity index (χ1v) is 6.04. The van der Waals surface area contributed by atoms with Gasteiger partial charge in [-0.25, -0.2) is 4.79 Å². The predicted molar refractivity (Wildman–Crippen MR) is 63.3 cm³/mol. The van der Waals surface area contributed by atoms with Crippen LogP contribution >= 0.6 is 12.6 Å². The number of thiol groups is 1. The molecule has 0 bridgehead atoms. The van der Waals surface area contributed by atoms with Gasteiger partial charge in [0, 0.05) is 12.2 Å². The van der Waals surface area contributed by atoms with Gasteiger partial charge in [0.2, 0.25) is 5.91 Å². The number of carboxylic acid groups (broad SMARTS) is 1. The van der Waals surface area contributed by atoms with Crippen molar-refractivity contribution in [3.05, 3.63) is 0 Å². The lowest BCUT2D eigenvalue weighted by atomic mass is 10.2. The number of hydrogen-bond donors (Lipinski definition) is 5. The lowest BCUT2D eigenvalue weighted by Crippen LogP contribution is -2.42. The average molecular weight is 282 g/mol. The third-order valence-electron chi connectivity index (χ3n) is 2.07. The number of aliphatic carboxylic acids is 1. The molecule has 1 amide bonds. The minimum absolute atomic E-state index is 0.0394. The van der Waals surface area contributed by atoms with Crippen LogP contribution in [0.5, 0.6) is 0 Å². The van der Waals surface area contributed by atoms with Gasteiger partial charge >= 0.3 is 5.97 Å². The maximum atomic E-state index is 11.3. The number of carboxylic acids is 1. The van der Waals surface area contributed by atoms with E-state index in [1.807, 2.05) is 0 Å². The zero-order valence-corrected chi connectivity index (χ0v) is 10.7. The number of unbranched alkanes of at least 4 members (excludes halogenated alkanes) is 2. The third-order valence-corrected chi connectivity index (χ3v) is 2.44. The van der Waals surface area contributed by atoms with E-state index in [0.717, 1.165) is 0 Å². The molecule has 0 aromatic carbocycles. The van der Waals surface area contributed by atoms with Crippen LogP contribution in [0, 0.1) is 0 Å². The van der Waals surface area contributed by atoms with Gasteiger partial charge in [0.15, 0.2) is 0 Å². The topological polar surface area (TPSA) is 119 Å². The van der Waals surface area contributed by atoms with Gasteiger partial charge in [0.1, 0.15) is 6.04 Å². The molecule has 0 rings (SSSR count). The van der Waals surface area contributed by atoms with Crippen LogP contribution in [0.25, 0.3) is 0 Å². The van der Waals surface area contributed by atoms with Gasteiger partial charge in [-0.1, -0.05) is 6.42 Å². The molecule has 0 saturated heterocycles. The molecule has 0 saturated carbocycles. The minimum atomic E-state index is -1.11. The molecule has 0 aliphatic rings. The fourth-order valence-corrected chi connectivity index (χ4v) is 1.41. The monoisotopic (exact) mass is 282 g/mol. The Morgan fingerprint density at radius 3 is 2.44 bits per heavy atom. The summed E-state index contributed by atoms with van der Waals surface area (Å²) in [5.41, 5.74) is 0. The van der Waals surface area contributed by atoms with E-state index >= 15 is 0 Å². The zero-order valence-electron chi connectivity index (χ0n) is 9.78. The van der Waals surface area contributed by atoms with Crippen molar-refractivity contribution in [2.75, 3.05) is 12.4 Å². The second kappa shape index (κ2) is 10.1. The number of carbonyl (C=O) groups excluding carboxylic acids is 1. The van der Waals surface area contributed by atoms with Crippen molar-refractivity contribution >= 4 is 24.5 Å². The molecule has 4 N–H and O–H groups in total. The van der Waals surface area contributed by atoms with Crippen LogP contribution in [-0.4, -0.2) is 51.2 Å². The second-order valence-corrected chi connectivity index (χ2v) is 3.90. The third kappa shape index (κ3) is 9.19. The lowest BCUT2D eigenvalue weighted by molar-refractivity contribution is -0.492. The summed E-state index contributed by atoms with van der Waals surface area (Å²) in [6, 6.07) is -0.971. The molecule has 9 heteroatoms. The van der Waals surface area contributed by atoms with Crippen molar-refractivity contribution < 1.29 is 29.9 Å². The Labute approximate surface area is 110 Å². The van der Waals surface area contributed by atoms with E-state index in [0.29, 0.717) is 19.3 Å². The number of nitrogens with zero attached hydrogens (tertiary/aromatic N) is 1. The highest BCUT2D eigenvalue weighted by Crippen LogP contribution is 2.01. The first-order valence-electron chi connectivity index (χ1n) is 5.41. The molecule has 1 unspecified atom stereocenters. The molecule has 1 atom stereocenters. The first kappa shape index (κ1) is 17.1. The average Bonchev–Trinajstić information content (AvgIpc) is 2.29. The van der Waals surface area contributed by atoms with E-state index in [4.69, 9.17) is 15.5 Å².